The molecular formula is C24H24FN9O. The molecule has 0 unspecified atom stereocenters. The zero-order chi connectivity index (χ0) is 23.7. The van der Waals surface area contributed by atoms with Gasteiger partial charge in [-0.15, -0.1) is 0 Å². The van der Waals surface area contributed by atoms with E-state index in [0.717, 1.165) is 59.4 Å². The summed E-state index contributed by atoms with van der Waals surface area (Å²) in [6.07, 6.45) is 6.29. The maximum absolute atomic E-state index is 14.5. The number of nitrogens with one attached hydrogen (secondary N) is 3. The van der Waals surface area contributed by atoms with Crippen LogP contribution in [0.15, 0.2) is 30.7 Å². The summed E-state index contributed by atoms with van der Waals surface area (Å²) in [4.78, 5) is 19.6. The lowest BCUT2D eigenvalue weighted by atomic mass is 10.1. The first kappa shape index (κ1) is 20.4. The Bertz CT molecular complexity index is 1600. The Morgan fingerprint density at radius 3 is 2.97 bits per heavy atom. The van der Waals surface area contributed by atoms with Crippen LogP contribution in [-0.2, 0) is 0 Å². The number of H-pyrrole nitrogens is 1. The second-order valence-corrected chi connectivity index (χ2v) is 9.31. The highest BCUT2D eigenvalue weighted by Crippen LogP contribution is 2.39. The minimum Gasteiger partial charge on any atom is -0.421 e. The highest BCUT2D eigenvalue weighted by atomic mass is 19.1. The molecule has 0 bridgehead atoms. The summed E-state index contributed by atoms with van der Waals surface area (Å²) in [5.41, 5.74) is 3.79. The fraction of sp³-hybridized carbons (Fsp3) is 0.333. The second-order valence-electron chi connectivity index (χ2n) is 9.31. The molecule has 2 aliphatic rings. The third-order valence-corrected chi connectivity index (χ3v) is 7.14. The number of aromatic nitrogens is 6. The molecule has 7 rings (SSSR count). The van der Waals surface area contributed by atoms with Crippen molar-refractivity contribution in [3.05, 3.63) is 42.1 Å². The zero-order valence-corrected chi connectivity index (χ0v) is 19.3. The van der Waals surface area contributed by atoms with Gasteiger partial charge in [-0.05, 0) is 37.9 Å². The van der Waals surface area contributed by atoms with E-state index in [0.29, 0.717) is 29.0 Å². The van der Waals surface area contributed by atoms with Gasteiger partial charge in [0.15, 0.2) is 11.4 Å². The van der Waals surface area contributed by atoms with Crippen LogP contribution in [0.4, 0.5) is 15.9 Å². The van der Waals surface area contributed by atoms with Gasteiger partial charge in [-0.3, -0.25) is 0 Å². The SMILES string of the molecule is CNc1cc(F)cc2c1[nH]c1nc(Oc3cnc4c(C)cnn4c3)nc(N3C[C@H]4CCN[C@H]4C3)c12. The van der Waals surface area contributed by atoms with E-state index >= 15 is 0 Å². The fourth-order valence-electron chi connectivity index (χ4n) is 5.45. The molecular weight excluding hydrogens is 449 g/mol. The minimum atomic E-state index is -0.317. The maximum atomic E-state index is 14.5. The molecule has 0 spiro atoms. The second kappa shape index (κ2) is 7.51. The summed E-state index contributed by atoms with van der Waals surface area (Å²) >= 11 is 0. The van der Waals surface area contributed by atoms with Gasteiger partial charge < -0.3 is 25.3 Å². The molecule has 11 heteroatoms. The van der Waals surface area contributed by atoms with Gasteiger partial charge in [0.05, 0.1) is 35.2 Å². The first-order valence-corrected chi connectivity index (χ1v) is 11.7. The van der Waals surface area contributed by atoms with E-state index in [2.05, 4.69) is 35.6 Å². The number of aromatic amines is 1. The monoisotopic (exact) mass is 473 g/mol. The van der Waals surface area contributed by atoms with E-state index in [-0.39, 0.29) is 11.8 Å². The van der Waals surface area contributed by atoms with Crippen molar-refractivity contribution in [2.75, 3.05) is 36.9 Å². The Morgan fingerprint density at radius 2 is 2.11 bits per heavy atom. The minimum absolute atomic E-state index is 0.195. The molecule has 0 radical (unpaired) electrons. The van der Waals surface area contributed by atoms with Crippen LogP contribution >= 0.6 is 0 Å². The van der Waals surface area contributed by atoms with Crippen LogP contribution in [0, 0.1) is 18.7 Å². The van der Waals surface area contributed by atoms with Crippen molar-refractivity contribution in [2.24, 2.45) is 5.92 Å². The molecule has 2 atom stereocenters. The van der Waals surface area contributed by atoms with Gasteiger partial charge in [0.2, 0.25) is 0 Å². The Morgan fingerprint density at radius 1 is 1.20 bits per heavy atom. The average molecular weight is 474 g/mol. The van der Waals surface area contributed by atoms with E-state index in [1.54, 1.807) is 30.2 Å². The third-order valence-electron chi connectivity index (χ3n) is 7.14. The number of nitrogens with zero attached hydrogens (tertiary/aromatic N) is 6. The highest BCUT2D eigenvalue weighted by molar-refractivity contribution is 6.14. The smallest absolute Gasteiger partial charge is 0.326 e. The summed E-state index contributed by atoms with van der Waals surface area (Å²) in [5, 5.41) is 12.5. The quantitative estimate of drug-likeness (QED) is 0.365. The van der Waals surface area contributed by atoms with Crippen molar-refractivity contribution >= 4 is 39.1 Å². The lowest BCUT2D eigenvalue weighted by Gasteiger charge is -2.20. The van der Waals surface area contributed by atoms with E-state index in [1.807, 2.05) is 6.92 Å². The van der Waals surface area contributed by atoms with Crippen LogP contribution in [0.25, 0.3) is 27.6 Å². The summed E-state index contributed by atoms with van der Waals surface area (Å²) in [6.45, 7) is 4.71. The fourth-order valence-corrected chi connectivity index (χ4v) is 5.45. The van der Waals surface area contributed by atoms with Gasteiger partial charge >= 0.3 is 6.01 Å². The first-order valence-electron chi connectivity index (χ1n) is 11.7. The molecule has 5 aromatic rings. The number of ether oxygens (including phenoxy) is 1. The van der Waals surface area contributed by atoms with Crippen LogP contribution in [-0.4, -0.2) is 62.3 Å². The Balaban J connectivity index is 1.39. The van der Waals surface area contributed by atoms with Gasteiger partial charge in [-0.1, -0.05) is 0 Å². The zero-order valence-electron chi connectivity index (χ0n) is 19.3. The molecule has 178 valence electrons. The van der Waals surface area contributed by atoms with Crippen molar-refractivity contribution in [3.8, 4) is 11.8 Å². The van der Waals surface area contributed by atoms with Crippen molar-refractivity contribution < 1.29 is 9.13 Å². The Labute approximate surface area is 199 Å². The number of halogens is 1. The first-order chi connectivity index (χ1) is 17.1. The molecule has 2 fully saturated rings. The lowest BCUT2D eigenvalue weighted by Crippen LogP contribution is -2.30. The van der Waals surface area contributed by atoms with Gasteiger partial charge in [-0.2, -0.15) is 15.1 Å². The number of hydrogen-bond donors (Lipinski definition) is 3. The summed E-state index contributed by atoms with van der Waals surface area (Å²) in [7, 11) is 1.77. The molecule has 4 aromatic heterocycles. The molecule has 0 saturated carbocycles. The number of fused-ring (bicyclic) bond motifs is 5. The molecule has 10 nitrogen and oxygen atoms in total. The summed E-state index contributed by atoms with van der Waals surface area (Å²) < 4.78 is 22.3. The molecule has 6 heterocycles. The van der Waals surface area contributed by atoms with Crippen LogP contribution in [0.5, 0.6) is 11.8 Å². The molecule has 0 aliphatic carbocycles. The van der Waals surface area contributed by atoms with E-state index < -0.39 is 0 Å². The van der Waals surface area contributed by atoms with Crippen LogP contribution in [0.3, 0.4) is 0 Å². The Hall–Kier alpha value is -3.99. The maximum Gasteiger partial charge on any atom is 0.326 e. The highest BCUT2D eigenvalue weighted by Gasteiger charge is 2.37. The predicted octanol–water partition coefficient (Wildman–Crippen LogP) is 3.23. The van der Waals surface area contributed by atoms with Crippen molar-refractivity contribution in [2.45, 2.75) is 19.4 Å². The number of rotatable bonds is 4. The Kier molecular flexibility index (Phi) is 4.37. The van der Waals surface area contributed by atoms with Crippen molar-refractivity contribution in [1.29, 1.82) is 0 Å². The van der Waals surface area contributed by atoms with Crippen LogP contribution in [0.1, 0.15) is 12.0 Å². The number of anilines is 2. The number of aryl methyl sites for hydroxylation is 1. The van der Waals surface area contributed by atoms with Gasteiger partial charge in [0, 0.05) is 37.1 Å². The molecule has 2 saturated heterocycles. The molecule has 35 heavy (non-hydrogen) atoms. The van der Waals surface area contributed by atoms with Crippen LogP contribution < -0.4 is 20.3 Å². The van der Waals surface area contributed by atoms with E-state index in [4.69, 9.17) is 9.72 Å². The number of hydrogen-bond acceptors (Lipinski definition) is 8. The third kappa shape index (κ3) is 3.18. The molecule has 0 amide bonds. The lowest BCUT2D eigenvalue weighted by molar-refractivity contribution is 0.438. The largest absolute Gasteiger partial charge is 0.421 e. The molecule has 3 N–H and O–H groups in total. The standard InChI is InChI=1S/C24H24FN9O/c1-12-7-29-34-10-15(8-28-22(12)34)35-24-31-21-19(16-5-14(25)6-17(26-2)20(16)30-21)23(32-24)33-9-13-3-4-27-18(13)11-33/h5-8,10,13,18,26-27H,3-4,9,11H2,1-2H3,(H,30,31,32)/t13-,18+/m1/s1. The van der Waals surface area contributed by atoms with Gasteiger partial charge in [-0.25, -0.2) is 13.9 Å². The predicted molar refractivity (Wildman–Crippen MR) is 131 cm³/mol. The van der Waals surface area contributed by atoms with Crippen molar-refractivity contribution in [1.82, 2.24) is 34.9 Å². The topological polar surface area (TPSA) is 108 Å². The van der Waals surface area contributed by atoms with Gasteiger partial charge in [0.1, 0.15) is 17.3 Å². The molecule has 1 aromatic carbocycles. The molecule has 2 aliphatic heterocycles. The summed E-state index contributed by atoms with van der Waals surface area (Å²) in [5.74, 6) is 1.46. The summed E-state index contributed by atoms with van der Waals surface area (Å²) in [6, 6.07) is 3.63. The van der Waals surface area contributed by atoms with E-state index in [1.165, 1.54) is 12.1 Å². The van der Waals surface area contributed by atoms with Gasteiger partial charge in [0.25, 0.3) is 0 Å². The number of benzene rings is 1. The van der Waals surface area contributed by atoms with Crippen molar-refractivity contribution in [3.63, 3.8) is 0 Å². The van der Waals surface area contributed by atoms with E-state index in [9.17, 15) is 4.39 Å². The normalized spacial score (nSPS) is 19.8. The van der Waals surface area contributed by atoms with Crippen LogP contribution in [0.2, 0.25) is 0 Å². The average Bonchev–Trinajstić information content (AvgIpc) is 3.61.